The van der Waals surface area contributed by atoms with E-state index >= 15 is 0 Å². The first kappa shape index (κ1) is 6.09. The number of rotatable bonds is 1. The molecule has 0 aromatic carbocycles. The van der Waals surface area contributed by atoms with Crippen molar-refractivity contribution in [2.24, 2.45) is 5.73 Å². The van der Waals surface area contributed by atoms with E-state index in [-0.39, 0.29) is 5.69 Å². The Bertz CT molecular complexity index is 279. The molecule has 0 fully saturated rings. The van der Waals surface area contributed by atoms with Crippen molar-refractivity contribution in [2.45, 2.75) is 0 Å². The number of carbonyl (C=O) groups excluding carboxylic acids is 1. The van der Waals surface area contributed by atoms with Crippen molar-refractivity contribution in [3.05, 3.63) is 27.6 Å². The standard InChI is InChI=1S/C6H5IN2O/c7-5-3-1-2-4(9-5)6(8)10/h1-3H,(H2,8,10)/i/hD. The highest BCUT2D eigenvalue weighted by molar-refractivity contribution is 14.1. The highest BCUT2D eigenvalue weighted by Crippen LogP contribution is 2.00. The van der Waals surface area contributed by atoms with Crippen molar-refractivity contribution in [2.75, 3.05) is 0 Å². The van der Waals surface area contributed by atoms with Crippen LogP contribution in [0.15, 0.2) is 18.2 Å². The van der Waals surface area contributed by atoms with Gasteiger partial charge in [-0.15, -0.1) is 0 Å². The molecule has 0 radical (unpaired) electrons. The molecule has 0 unspecified atom stereocenters. The number of nitrogens with two attached hydrogens (primary N) is 1. The fourth-order valence-corrected chi connectivity index (χ4v) is 1.00. The summed E-state index contributed by atoms with van der Waals surface area (Å²) in [6.07, 6.45) is 0. The van der Waals surface area contributed by atoms with E-state index in [1.807, 2.05) is 22.6 Å². The van der Waals surface area contributed by atoms with Crippen molar-refractivity contribution in [1.82, 2.24) is 4.98 Å². The summed E-state index contributed by atoms with van der Waals surface area (Å²) in [6.45, 7) is 0. The molecule has 0 aliphatic rings. The molecule has 4 heteroatoms. The molecule has 1 rings (SSSR count). The van der Waals surface area contributed by atoms with Crippen molar-refractivity contribution in [1.29, 1.82) is 0 Å². The molecule has 1 aromatic rings. The zero-order valence-corrected chi connectivity index (χ0v) is 7.12. The first-order chi connectivity index (χ1) is 5.24. The van der Waals surface area contributed by atoms with Gasteiger partial charge in [0.25, 0.3) is 5.91 Å². The van der Waals surface area contributed by atoms with E-state index in [1.54, 1.807) is 23.9 Å². The van der Waals surface area contributed by atoms with Crippen LogP contribution in [0.25, 0.3) is 0 Å². The third-order valence-corrected chi connectivity index (χ3v) is 1.55. The van der Waals surface area contributed by atoms with Crippen molar-refractivity contribution < 1.29 is 6.21 Å². The van der Waals surface area contributed by atoms with Gasteiger partial charge >= 0.3 is 0 Å². The average molecular weight is 249 g/mol. The Labute approximate surface area is 73.2 Å². The lowest BCUT2D eigenvalue weighted by Gasteiger charge is -1.92. The van der Waals surface area contributed by atoms with E-state index < -0.39 is 5.91 Å². The van der Waals surface area contributed by atoms with Gasteiger partial charge in [-0.2, -0.15) is 0 Å². The van der Waals surface area contributed by atoms with E-state index in [9.17, 15) is 4.79 Å². The number of amides is 1. The maximum absolute atomic E-state index is 10.8. The lowest BCUT2D eigenvalue weighted by Crippen LogP contribution is -2.13. The number of hydrogen-bond acceptors (Lipinski definition) is 2. The summed E-state index contributed by atoms with van der Waals surface area (Å²) >= 11 is 2.00. The van der Waals surface area contributed by atoms with Gasteiger partial charge < -0.3 is 5.73 Å². The second-order valence-electron chi connectivity index (χ2n) is 1.67. The number of primary amides is 1. The van der Waals surface area contributed by atoms with Gasteiger partial charge in [-0.3, -0.25) is 4.79 Å². The fraction of sp³-hybridized carbons (Fsp3) is 0. The Balaban J connectivity index is 2.96. The molecule has 2 N–H and O–H groups in total. The van der Waals surface area contributed by atoms with Crippen LogP contribution in [0.4, 0.5) is 0 Å². The van der Waals surface area contributed by atoms with Crippen molar-refractivity contribution in [3.8, 4) is 0 Å². The van der Waals surface area contributed by atoms with E-state index in [2.05, 4.69) is 4.98 Å². The van der Waals surface area contributed by atoms with Crippen molar-refractivity contribution in [3.63, 3.8) is 0 Å². The molecule has 0 saturated carbocycles. The number of aromatic nitrogens is 1. The third-order valence-electron chi connectivity index (χ3n) is 0.948. The second-order valence-corrected chi connectivity index (χ2v) is 2.78. The normalized spacial score (nSPS) is 10.3. The van der Waals surface area contributed by atoms with Crippen LogP contribution in [0.3, 0.4) is 0 Å². The van der Waals surface area contributed by atoms with Crippen molar-refractivity contribution >= 4 is 28.5 Å². The molecule has 3 nitrogen and oxygen atoms in total. The maximum atomic E-state index is 10.8. The van der Waals surface area contributed by atoms with E-state index in [0.717, 1.165) is 3.70 Å². The highest BCUT2D eigenvalue weighted by Gasteiger charge is 1.99. The van der Waals surface area contributed by atoms with Gasteiger partial charge in [-0.1, -0.05) is 6.07 Å². The van der Waals surface area contributed by atoms with E-state index in [1.165, 1.54) is 0 Å². The first-order valence-electron chi connectivity index (χ1n) is 3.08. The Morgan fingerprint density at radius 1 is 1.80 bits per heavy atom. The van der Waals surface area contributed by atoms with Gasteiger partial charge in [0.1, 0.15) is 9.39 Å². The van der Waals surface area contributed by atoms with Crippen LogP contribution in [0.1, 0.15) is 10.5 Å². The zero-order valence-electron chi connectivity index (χ0n) is 5.97. The predicted molar refractivity (Wildman–Crippen MR) is 45.5 cm³/mol. The Morgan fingerprint density at radius 3 is 3.20 bits per heavy atom. The van der Waals surface area contributed by atoms with Crippen LogP contribution < -0.4 is 5.73 Å². The minimum atomic E-state index is -0.483. The molecule has 0 bridgehead atoms. The molecule has 0 aliphatic heterocycles. The third kappa shape index (κ3) is 1.66. The van der Waals surface area contributed by atoms with Gasteiger partial charge in [0.05, 0.1) is 0 Å². The topological polar surface area (TPSA) is 56.0 Å². The monoisotopic (exact) mass is 249 g/mol. The predicted octanol–water partition coefficient (Wildman–Crippen LogP) is 0.785. The average Bonchev–Trinajstić information content (AvgIpc) is 2.03. The number of hydrogen-bond donors (Lipinski definition) is 1. The van der Waals surface area contributed by atoms with Crippen LogP contribution in [-0.2, 0) is 0 Å². The van der Waals surface area contributed by atoms with E-state index in [0.29, 0.717) is 0 Å². The quantitative estimate of drug-likeness (QED) is 0.590. The van der Waals surface area contributed by atoms with E-state index in [4.69, 9.17) is 1.41 Å². The molecule has 0 spiro atoms. The van der Waals surface area contributed by atoms with Gasteiger partial charge in [-0.25, -0.2) is 4.98 Å². The molecule has 1 amide bonds. The summed E-state index contributed by atoms with van der Waals surface area (Å²) in [6, 6.07) is 5.06. The number of pyridine rings is 1. The Hall–Kier alpha value is -0.650. The van der Waals surface area contributed by atoms with Crippen LogP contribution in [0, 0.1) is 3.70 Å². The van der Waals surface area contributed by atoms with Crippen LogP contribution >= 0.6 is 22.6 Å². The Kier molecular flexibility index (Phi) is 1.80. The molecule has 0 atom stereocenters. The van der Waals surface area contributed by atoms with Crippen LogP contribution in [0.5, 0.6) is 0 Å². The number of carbonyl (C=O) groups is 1. The number of nitrogens with zero attached hydrogens (tertiary/aromatic N) is 1. The molecular formula is C6H5IN2O. The van der Waals surface area contributed by atoms with Gasteiger partial charge in [0, 0.05) is 0 Å². The largest absolute Gasteiger partial charge is 0.364 e. The molecular weight excluding hydrogens is 243 g/mol. The summed E-state index contributed by atoms with van der Waals surface area (Å²) in [4.78, 5) is 14.7. The SMILES string of the molecule is [2H]NC(=O)c1cccc(I)n1. The molecule has 1 heterocycles. The Morgan fingerprint density at radius 2 is 2.60 bits per heavy atom. The highest BCUT2D eigenvalue weighted by atomic mass is 127. The lowest BCUT2D eigenvalue weighted by atomic mass is 10.3. The first-order valence-corrected chi connectivity index (χ1v) is 3.66. The molecule has 52 valence electrons. The minimum absolute atomic E-state index is 0.270. The summed E-state index contributed by atoms with van der Waals surface area (Å²) in [7, 11) is 0. The second kappa shape index (κ2) is 2.96. The summed E-state index contributed by atoms with van der Waals surface area (Å²) in [5, 5.41) is 0. The summed E-state index contributed by atoms with van der Waals surface area (Å²) in [5.41, 5.74) is 2.02. The number of halogens is 1. The molecule has 1 aromatic heterocycles. The van der Waals surface area contributed by atoms with Crippen LogP contribution in [-0.4, -0.2) is 10.9 Å². The smallest absolute Gasteiger partial charge is 0.267 e. The summed E-state index contributed by atoms with van der Waals surface area (Å²) < 4.78 is 7.31. The summed E-state index contributed by atoms with van der Waals surface area (Å²) in [5.74, 6) is -0.483. The maximum Gasteiger partial charge on any atom is 0.267 e. The van der Waals surface area contributed by atoms with Gasteiger partial charge in [0.15, 0.2) is 1.41 Å². The van der Waals surface area contributed by atoms with Crippen LogP contribution in [0.2, 0.25) is 1.41 Å². The zero-order chi connectivity index (χ0) is 8.27. The lowest BCUT2D eigenvalue weighted by molar-refractivity contribution is 0.0995. The molecule has 10 heavy (non-hydrogen) atoms. The minimum Gasteiger partial charge on any atom is -0.364 e. The molecule has 0 saturated heterocycles. The van der Waals surface area contributed by atoms with Gasteiger partial charge in [0.2, 0.25) is 0 Å². The van der Waals surface area contributed by atoms with Gasteiger partial charge in [-0.05, 0) is 34.7 Å². The molecule has 0 aliphatic carbocycles. The fourth-order valence-electron chi connectivity index (χ4n) is 0.535.